The maximum absolute atomic E-state index is 13.6. The lowest BCUT2D eigenvalue weighted by Crippen LogP contribution is -2.31. The molecule has 2 aromatic carbocycles. The Morgan fingerprint density at radius 3 is 2.41 bits per heavy atom. The van der Waals surface area contributed by atoms with E-state index in [1.807, 2.05) is 36.4 Å². The second-order valence-corrected chi connectivity index (χ2v) is 11.3. The number of fused-ring (bicyclic) bond motifs is 1. The minimum atomic E-state index is -3.60. The summed E-state index contributed by atoms with van der Waals surface area (Å²) in [5, 5.41) is 0.545. The number of carbonyl (C=O) groups excluding carboxylic acids is 1. The highest BCUT2D eigenvalue weighted by atomic mass is 79.9. The van der Waals surface area contributed by atoms with Gasteiger partial charge in [0, 0.05) is 29.3 Å². The van der Waals surface area contributed by atoms with E-state index in [0.29, 0.717) is 23.8 Å². The number of benzene rings is 2. The highest BCUT2D eigenvalue weighted by molar-refractivity contribution is 9.10. The summed E-state index contributed by atoms with van der Waals surface area (Å²) in [6.07, 6.45) is 1.68. The van der Waals surface area contributed by atoms with Crippen LogP contribution in [-0.2, 0) is 16.6 Å². The second-order valence-electron chi connectivity index (χ2n) is 7.43. The highest BCUT2D eigenvalue weighted by Gasteiger charge is 2.25. The van der Waals surface area contributed by atoms with Gasteiger partial charge in [-0.3, -0.25) is 14.7 Å². The predicted octanol–water partition coefficient (Wildman–Crippen LogP) is 5.33. The van der Waals surface area contributed by atoms with Gasteiger partial charge >= 0.3 is 0 Å². The number of halogens is 1. The lowest BCUT2D eigenvalue weighted by molar-refractivity contribution is 0.0984. The van der Waals surface area contributed by atoms with E-state index in [1.165, 1.54) is 27.8 Å². The molecule has 0 fully saturated rings. The zero-order valence-corrected chi connectivity index (χ0v) is 21.9. The number of rotatable bonds is 8. The molecule has 176 valence electrons. The number of hydrogen-bond acceptors (Lipinski definition) is 6. The Labute approximate surface area is 211 Å². The first-order valence-corrected chi connectivity index (χ1v) is 13.8. The summed E-state index contributed by atoms with van der Waals surface area (Å²) < 4.78 is 28.9. The number of amides is 1. The number of aromatic nitrogens is 2. The maximum Gasteiger partial charge on any atom is 0.260 e. The maximum atomic E-state index is 13.6. The van der Waals surface area contributed by atoms with E-state index in [9.17, 15) is 13.2 Å². The van der Waals surface area contributed by atoms with Crippen molar-refractivity contribution in [1.29, 1.82) is 0 Å². The van der Waals surface area contributed by atoms with Crippen LogP contribution in [0.25, 0.3) is 10.2 Å². The van der Waals surface area contributed by atoms with Crippen LogP contribution in [0.2, 0.25) is 0 Å². The average molecular weight is 560 g/mol. The van der Waals surface area contributed by atoms with E-state index in [-0.39, 0.29) is 17.3 Å². The molecular weight excluding hydrogens is 536 g/mol. The van der Waals surface area contributed by atoms with Gasteiger partial charge in [0.15, 0.2) is 5.13 Å². The molecule has 0 saturated heterocycles. The van der Waals surface area contributed by atoms with Crippen molar-refractivity contribution in [2.75, 3.05) is 18.0 Å². The minimum absolute atomic E-state index is 0.161. The van der Waals surface area contributed by atoms with Crippen molar-refractivity contribution in [1.82, 2.24) is 14.3 Å². The van der Waals surface area contributed by atoms with Crippen LogP contribution in [0, 0.1) is 0 Å². The molecule has 0 atom stereocenters. The van der Waals surface area contributed by atoms with Crippen LogP contribution in [0.1, 0.15) is 29.9 Å². The molecule has 7 nitrogen and oxygen atoms in total. The Balaban J connectivity index is 1.70. The fraction of sp³-hybridized carbons (Fsp3) is 0.208. The molecule has 0 saturated carbocycles. The normalized spacial score (nSPS) is 11.8. The third kappa shape index (κ3) is 5.05. The zero-order valence-electron chi connectivity index (χ0n) is 18.7. The van der Waals surface area contributed by atoms with Crippen LogP contribution < -0.4 is 4.90 Å². The van der Waals surface area contributed by atoms with Gasteiger partial charge in [-0.1, -0.05) is 47.2 Å². The Morgan fingerprint density at radius 1 is 1.03 bits per heavy atom. The number of hydrogen-bond donors (Lipinski definition) is 0. The number of nitrogens with zero attached hydrogens (tertiary/aromatic N) is 4. The summed E-state index contributed by atoms with van der Waals surface area (Å²) >= 11 is 4.89. The SMILES string of the molecule is CCN(CC)S(=O)(=O)c1ccc(C(=O)N(Cc2ccccn2)c2nc3ccc(Br)cc3s2)cc1. The molecule has 0 bridgehead atoms. The Bertz CT molecular complexity index is 1400. The van der Waals surface area contributed by atoms with Gasteiger partial charge in [0.25, 0.3) is 5.91 Å². The predicted molar refractivity (Wildman–Crippen MR) is 139 cm³/mol. The summed E-state index contributed by atoms with van der Waals surface area (Å²) in [5.41, 5.74) is 1.88. The molecule has 0 unspecified atom stereocenters. The van der Waals surface area contributed by atoms with Crippen LogP contribution in [0.3, 0.4) is 0 Å². The molecule has 2 aromatic heterocycles. The first-order valence-electron chi connectivity index (χ1n) is 10.7. The molecule has 4 aromatic rings. The van der Waals surface area contributed by atoms with E-state index in [4.69, 9.17) is 0 Å². The zero-order chi connectivity index (χ0) is 24.3. The van der Waals surface area contributed by atoms with Gasteiger partial charge in [-0.05, 0) is 54.6 Å². The average Bonchev–Trinajstić information content (AvgIpc) is 3.26. The van der Waals surface area contributed by atoms with E-state index in [0.717, 1.165) is 20.4 Å². The van der Waals surface area contributed by atoms with Crippen LogP contribution in [0.5, 0.6) is 0 Å². The van der Waals surface area contributed by atoms with Gasteiger partial charge in [0.2, 0.25) is 10.0 Å². The van der Waals surface area contributed by atoms with Crippen LogP contribution in [0.15, 0.2) is 76.2 Å². The fourth-order valence-corrected chi connectivity index (χ4v) is 6.49. The van der Waals surface area contributed by atoms with Crippen molar-refractivity contribution in [3.8, 4) is 0 Å². The van der Waals surface area contributed by atoms with Gasteiger partial charge in [0.05, 0.1) is 27.4 Å². The molecule has 0 aliphatic carbocycles. The van der Waals surface area contributed by atoms with Crippen molar-refractivity contribution in [2.24, 2.45) is 0 Å². The van der Waals surface area contributed by atoms with Gasteiger partial charge in [-0.15, -0.1) is 0 Å². The number of sulfonamides is 1. The second kappa shape index (κ2) is 10.3. The van der Waals surface area contributed by atoms with Crippen LogP contribution >= 0.6 is 27.3 Å². The van der Waals surface area contributed by atoms with Crippen molar-refractivity contribution < 1.29 is 13.2 Å². The van der Waals surface area contributed by atoms with E-state index in [1.54, 1.807) is 37.1 Å². The molecule has 0 aliphatic rings. The van der Waals surface area contributed by atoms with E-state index in [2.05, 4.69) is 25.9 Å². The first kappa shape index (κ1) is 24.5. The summed E-state index contributed by atoms with van der Waals surface area (Å²) in [7, 11) is -3.60. The Kier molecular flexibility index (Phi) is 7.42. The van der Waals surface area contributed by atoms with Crippen LogP contribution in [0.4, 0.5) is 5.13 Å². The molecule has 0 radical (unpaired) electrons. The summed E-state index contributed by atoms with van der Waals surface area (Å²) in [4.78, 5) is 24.4. The molecule has 0 spiro atoms. The van der Waals surface area contributed by atoms with Gasteiger partial charge in [-0.25, -0.2) is 13.4 Å². The van der Waals surface area contributed by atoms with Crippen molar-refractivity contribution in [2.45, 2.75) is 25.3 Å². The highest BCUT2D eigenvalue weighted by Crippen LogP contribution is 2.32. The number of carbonyl (C=O) groups is 1. The lowest BCUT2D eigenvalue weighted by Gasteiger charge is -2.21. The molecule has 0 aliphatic heterocycles. The molecule has 0 N–H and O–H groups in total. The summed E-state index contributed by atoms with van der Waals surface area (Å²) in [6, 6.07) is 17.4. The van der Waals surface area contributed by atoms with Gasteiger partial charge < -0.3 is 0 Å². The number of thiazole rings is 1. The molecule has 2 heterocycles. The van der Waals surface area contributed by atoms with Crippen LogP contribution in [-0.4, -0.2) is 41.7 Å². The largest absolute Gasteiger partial charge is 0.278 e. The number of anilines is 1. The summed E-state index contributed by atoms with van der Waals surface area (Å²) in [5.74, 6) is -0.282. The van der Waals surface area contributed by atoms with Gasteiger partial charge in [-0.2, -0.15) is 4.31 Å². The van der Waals surface area contributed by atoms with E-state index >= 15 is 0 Å². The van der Waals surface area contributed by atoms with E-state index < -0.39 is 10.0 Å². The Hall–Kier alpha value is -2.66. The molecule has 1 amide bonds. The van der Waals surface area contributed by atoms with Crippen molar-refractivity contribution >= 4 is 58.5 Å². The fourth-order valence-electron chi connectivity index (χ4n) is 3.52. The van der Waals surface area contributed by atoms with Crippen molar-refractivity contribution in [3.05, 3.63) is 82.6 Å². The smallest absolute Gasteiger partial charge is 0.260 e. The third-order valence-corrected chi connectivity index (χ3v) is 8.90. The number of pyridine rings is 1. The molecular formula is C24H23BrN4O3S2. The summed E-state index contributed by atoms with van der Waals surface area (Å²) in [6.45, 7) is 4.59. The topological polar surface area (TPSA) is 83.5 Å². The molecule has 34 heavy (non-hydrogen) atoms. The monoisotopic (exact) mass is 558 g/mol. The lowest BCUT2D eigenvalue weighted by atomic mass is 10.2. The third-order valence-electron chi connectivity index (χ3n) is 5.31. The first-order chi connectivity index (χ1) is 16.3. The van der Waals surface area contributed by atoms with Crippen molar-refractivity contribution in [3.63, 3.8) is 0 Å². The molecule has 4 rings (SSSR count). The minimum Gasteiger partial charge on any atom is -0.278 e. The Morgan fingerprint density at radius 2 is 1.76 bits per heavy atom. The standard InChI is InChI=1S/C24H23BrN4O3S2/c1-3-28(4-2)34(31,32)20-11-8-17(9-12-20)23(30)29(16-19-7-5-6-14-26-19)24-27-21-13-10-18(25)15-22(21)33-24/h5-15H,3-4,16H2,1-2H3. The molecule has 10 heteroatoms. The quantitative estimate of drug-likeness (QED) is 0.292. The van der Waals surface area contributed by atoms with Gasteiger partial charge in [0.1, 0.15) is 0 Å².